The number of carbonyl (C=O) groups is 1. The lowest BCUT2D eigenvalue weighted by Crippen LogP contribution is -2.02. The van der Waals surface area contributed by atoms with Gasteiger partial charge in [-0.05, 0) is 23.6 Å². The normalized spacial score (nSPS) is 11.7. The zero-order chi connectivity index (χ0) is 10.6. The van der Waals surface area contributed by atoms with Crippen LogP contribution in [0, 0.1) is 11.3 Å². The molecule has 0 bridgehead atoms. The predicted octanol–water partition coefficient (Wildman–Crippen LogP) is 2.14. The van der Waals surface area contributed by atoms with Crippen molar-refractivity contribution in [2.75, 3.05) is 0 Å². The van der Waals surface area contributed by atoms with E-state index in [9.17, 15) is 4.79 Å². The summed E-state index contributed by atoms with van der Waals surface area (Å²) >= 11 is 0. The number of nitrogens with zero attached hydrogens (tertiary/aromatic N) is 1. The molecule has 1 rings (SSSR count). The van der Waals surface area contributed by atoms with Gasteiger partial charge in [0.15, 0.2) is 0 Å². The van der Waals surface area contributed by atoms with Crippen molar-refractivity contribution in [2.45, 2.75) is 19.3 Å². The summed E-state index contributed by atoms with van der Waals surface area (Å²) in [5, 5.41) is 17.3. The van der Waals surface area contributed by atoms with Gasteiger partial charge in [-0.1, -0.05) is 19.1 Å². The Morgan fingerprint density at radius 2 is 2.36 bits per heavy atom. The average molecular weight is 189 g/mol. The van der Waals surface area contributed by atoms with Gasteiger partial charge in [0.1, 0.15) is 0 Å². The summed E-state index contributed by atoms with van der Waals surface area (Å²) in [7, 11) is 0. The van der Waals surface area contributed by atoms with E-state index in [1.165, 1.54) is 0 Å². The SMILES string of the molecule is CC(CC(=O)O)c1cccc(C#N)c1. The first-order valence-corrected chi connectivity index (χ1v) is 4.35. The number of nitriles is 1. The number of aliphatic carboxylic acids is 1. The first-order valence-electron chi connectivity index (χ1n) is 4.35. The highest BCUT2D eigenvalue weighted by molar-refractivity contribution is 5.68. The Bertz CT molecular complexity index is 379. The van der Waals surface area contributed by atoms with Gasteiger partial charge < -0.3 is 5.11 Å². The fourth-order valence-electron chi connectivity index (χ4n) is 1.29. The molecule has 0 aliphatic heterocycles. The number of rotatable bonds is 3. The lowest BCUT2D eigenvalue weighted by atomic mass is 9.96. The van der Waals surface area contributed by atoms with Crippen LogP contribution in [0.3, 0.4) is 0 Å². The summed E-state index contributed by atoms with van der Waals surface area (Å²) in [6.07, 6.45) is 0.0921. The smallest absolute Gasteiger partial charge is 0.303 e. The molecular formula is C11H11NO2. The van der Waals surface area contributed by atoms with E-state index < -0.39 is 5.97 Å². The maximum atomic E-state index is 10.5. The Morgan fingerprint density at radius 1 is 1.64 bits per heavy atom. The molecule has 0 saturated carbocycles. The second-order valence-corrected chi connectivity index (χ2v) is 3.24. The van der Waals surface area contributed by atoms with Crippen molar-refractivity contribution in [2.24, 2.45) is 0 Å². The summed E-state index contributed by atoms with van der Waals surface area (Å²) in [6.45, 7) is 1.84. The van der Waals surface area contributed by atoms with Crippen LogP contribution in [0.1, 0.15) is 30.4 Å². The van der Waals surface area contributed by atoms with Crippen LogP contribution in [-0.2, 0) is 4.79 Å². The van der Waals surface area contributed by atoms with Crippen molar-refractivity contribution in [1.82, 2.24) is 0 Å². The largest absolute Gasteiger partial charge is 0.481 e. The van der Waals surface area contributed by atoms with Gasteiger partial charge in [0.2, 0.25) is 0 Å². The molecule has 1 unspecified atom stereocenters. The van der Waals surface area contributed by atoms with Gasteiger partial charge in [-0.15, -0.1) is 0 Å². The predicted molar refractivity (Wildman–Crippen MR) is 51.8 cm³/mol. The minimum Gasteiger partial charge on any atom is -0.481 e. The molecule has 3 nitrogen and oxygen atoms in total. The highest BCUT2D eigenvalue weighted by Gasteiger charge is 2.09. The summed E-state index contributed by atoms with van der Waals surface area (Å²) in [5.74, 6) is -0.874. The molecule has 14 heavy (non-hydrogen) atoms. The van der Waals surface area contributed by atoms with E-state index in [1.807, 2.05) is 19.1 Å². The van der Waals surface area contributed by atoms with E-state index in [1.54, 1.807) is 18.2 Å². The molecular weight excluding hydrogens is 178 g/mol. The van der Waals surface area contributed by atoms with Gasteiger partial charge in [-0.3, -0.25) is 4.79 Å². The van der Waals surface area contributed by atoms with Gasteiger partial charge in [-0.25, -0.2) is 0 Å². The molecule has 3 heteroatoms. The molecule has 1 N–H and O–H groups in total. The van der Waals surface area contributed by atoms with Gasteiger partial charge >= 0.3 is 5.97 Å². The molecule has 1 aromatic carbocycles. The molecule has 0 fully saturated rings. The molecule has 72 valence electrons. The van der Waals surface area contributed by atoms with Crippen LogP contribution in [-0.4, -0.2) is 11.1 Å². The van der Waals surface area contributed by atoms with Crippen LogP contribution < -0.4 is 0 Å². The molecule has 0 saturated heterocycles. The summed E-state index contributed by atoms with van der Waals surface area (Å²) in [4.78, 5) is 10.5. The van der Waals surface area contributed by atoms with Crippen LogP contribution >= 0.6 is 0 Å². The minimum atomic E-state index is -0.820. The van der Waals surface area contributed by atoms with E-state index in [-0.39, 0.29) is 12.3 Å². The van der Waals surface area contributed by atoms with Crippen LogP contribution in [0.4, 0.5) is 0 Å². The molecule has 1 aromatic rings. The van der Waals surface area contributed by atoms with E-state index in [4.69, 9.17) is 10.4 Å². The standard InChI is InChI=1S/C11H11NO2/c1-8(5-11(13)14)10-4-2-3-9(6-10)7-12/h2-4,6,8H,5H2,1H3,(H,13,14). The monoisotopic (exact) mass is 189 g/mol. The fourth-order valence-corrected chi connectivity index (χ4v) is 1.29. The second kappa shape index (κ2) is 4.43. The minimum absolute atomic E-state index is 0.0548. The Hall–Kier alpha value is -1.82. The van der Waals surface area contributed by atoms with Crippen LogP contribution in [0.25, 0.3) is 0 Å². The van der Waals surface area contributed by atoms with E-state index in [0.717, 1.165) is 5.56 Å². The third-order valence-electron chi connectivity index (χ3n) is 2.07. The number of hydrogen-bond acceptors (Lipinski definition) is 2. The average Bonchev–Trinajstić information content (AvgIpc) is 2.17. The van der Waals surface area contributed by atoms with E-state index in [2.05, 4.69) is 0 Å². The Morgan fingerprint density at radius 3 is 2.93 bits per heavy atom. The Kier molecular flexibility index (Phi) is 3.24. The molecule has 0 aliphatic rings. The quantitative estimate of drug-likeness (QED) is 0.792. The third-order valence-corrected chi connectivity index (χ3v) is 2.07. The molecule has 0 amide bonds. The molecule has 0 spiro atoms. The second-order valence-electron chi connectivity index (χ2n) is 3.24. The molecule has 0 heterocycles. The Labute approximate surface area is 82.6 Å². The van der Waals surface area contributed by atoms with Gasteiger partial charge in [-0.2, -0.15) is 5.26 Å². The third kappa shape index (κ3) is 2.60. The molecule has 1 atom stereocenters. The molecule has 0 radical (unpaired) electrons. The number of hydrogen-bond donors (Lipinski definition) is 1. The molecule has 0 aliphatic carbocycles. The Balaban J connectivity index is 2.85. The van der Waals surface area contributed by atoms with Crippen LogP contribution in [0.2, 0.25) is 0 Å². The first-order chi connectivity index (χ1) is 6.63. The van der Waals surface area contributed by atoms with Crippen LogP contribution in [0.5, 0.6) is 0 Å². The van der Waals surface area contributed by atoms with Crippen molar-refractivity contribution in [3.05, 3.63) is 35.4 Å². The number of carboxylic acid groups (broad SMARTS) is 1. The summed E-state index contributed by atoms with van der Waals surface area (Å²) in [5.41, 5.74) is 1.46. The fraction of sp³-hybridized carbons (Fsp3) is 0.273. The van der Waals surface area contributed by atoms with E-state index in [0.29, 0.717) is 5.56 Å². The van der Waals surface area contributed by atoms with Crippen LogP contribution in [0.15, 0.2) is 24.3 Å². The van der Waals surface area contributed by atoms with Crippen molar-refractivity contribution in [3.63, 3.8) is 0 Å². The summed E-state index contributed by atoms with van der Waals surface area (Å²) < 4.78 is 0. The maximum Gasteiger partial charge on any atom is 0.303 e. The van der Waals surface area contributed by atoms with Crippen molar-refractivity contribution in [3.8, 4) is 6.07 Å². The van der Waals surface area contributed by atoms with Crippen molar-refractivity contribution >= 4 is 5.97 Å². The lowest BCUT2D eigenvalue weighted by molar-refractivity contribution is -0.137. The number of carboxylic acids is 1. The van der Waals surface area contributed by atoms with Gasteiger partial charge in [0, 0.05) is 0 Å². The maximum absolute atomic E-state index is 10.5. The van der Waals surface area contributed by atoms with Crippen molar-refractivity contribution < 1.29 is 9.90 Å². The van der Waals surface area contributed by atoms with Gasteiger partial charge in [0.25, 0.3) is 0 Å². The van der Waals surface area contributed by atoms with Crippen molar-refractivity contribution in [1.29, 1.82) is 5.26 Å². The zero-order valence-corrected chi connectivity index (χ0v) is 7.90. The lowest BCUT2D eigenvalue weighted by Gasteiger charge is -2.08. The summed E-state index contributed by atoms with van der Waals surface area (Å²) in [6, 6.07) is 9.08. The highest BCUT2D eigenvalue weighted by atomic mass is 16.4. The zero-order valence-electron chi connectivity index (χ0n) is 7.90. The topological polar surface area (TPSA) is 61.1 Å². The van der Waals surface area contributed by atoms with E-state index >= 15 is 0 Å². The highest BCUT2D eigenvalue weighted by Crippen LogP contribution is 2.19. The van der Waals surface area contributed by atoms with Gasteiger partial charge in [0.05, 0.1) is 18.1 Å². The molecule has 0 aromatic heterocycles. The first kappa shape index (κ1) is 10.3. The number of benzene rings is 1.